The third kappa shape index (κ3) is 5.81. The van der Waals surface area contributed by atoms with Crippen LogP contribution < -0.4 is 14.4 Å². The first-order chi connectivity index (χ1) is 16.7. The lowest BCUT2D eigenvalue weighted by Gasteiger charge is -2.28. The van der Waals surface area contributed by atoms with Crippen LogP contribution in [0.5, 0.6) is 11.8 Å². The van der Waals surface area contributed by atoms with Crippen LogP contribution in [0.4, 0.5) is 10.2 Å². The minimum atomic E-state index is -0.301. The number of benzene rings is 1. The molecule has 182 valence electrons. The number of anilines is 1. The van der Waals surface area contributed by atoms with E-state index in [-0.39, 0.29) is 5.82 Å². The number of ether oxygens (including phenoxy) is 4. The van der Waals surface area contributed by atoms with Gasteiger partial charge in [-0.15, -0.1) is 0 Å². The first-order valence-corrected chi connectivity index (χ1v) is 11.8. The van der Waals surface area contributed by atoms with Gasteiger partial charge in [0.1, 0.15) is 24.0 Å². The Morgan fingerprint density at radius 3 is 2.59 bits per heavy atom. The Balaban J connectivity index is 1.33. The van der Waals surface area contributed by atoms with Crippen LogP contribution in [0, 0.1) is 5.82 Å². The summed E-state index contributed by atoms with van der Waals surface area (Å²) in [6, 6.07) is 6.84. The van der Waals surface area contributed by atoms with Gasteiger partial charge in [-0.1, -0.05) is 0 Å². The van der Waals surface area contributed by atoms with Crippen molar-refractivity contribution in [2.75, 3.05) is 77.3 Å². The van der Waals surface area contributed by atoms with Crippen LogP contribution in [-0.4, -0.2) is 92.9 Å². The molecule has 5 rings (SSSR count). The molecule has 3 aliphatic rings. The highest BCUT2D eigenvalue weighted by molar-refractivity contribution is 6.03. The van der Waals surface area contributed by atoms with Gasteiger partial charge in [0.25, 0.3) is 0 Å². The molecule has 34 heavy (non-hydrogen) atoms. The van der Waals surface area contributed by atoms with Crippen molar-refractivity contribution in [3.63, 3.8) is 0 Å². The van der Waals surface area contributed by atoms with E-state index >= 15 is 0 Å². The number of fused-ring (bicyclic) bond motifs is 1. The Bertz CT molecular complexity index is 1010. The van der Waals surface area contributed by atoms with E-state index in [1.165, 1.54) is 12.1 Å². The lowest BCUT2D eigenvalue weighted by molar-refractivity contribution is 0.0317. The van der Waals surface area contributed by atoms with Gasteiger partial charge in [0, 0.05) is 56.5 Å². The molecule has 0 bridgehead atoms. The number of morpholine rings is 2. The van der Waals surface area contributed by atoms with Crippen LogP contribution in [0.1, 0.15) is 17.7 Å². The highest BCUT2D eigenvalue weighted by atomic mass is 19.1. The monoisotopic (exact) mass is 471 g/mol. The van der Waals surface area contributed by atoms with Crippen LogP contribution in [0.15, 0.2) is 29.3 Å². The van der Waals surface area contributed by atoms with Crippen molar-refractivity contribution < 1.29 is 23.3 Å². The van der Waals surface area contributed by atoms with Crippen LogP contribution in [-0.2, 0) is 16.0 Å². The average Bonchev–Trinajstić information content (AvgIpc) is 2.88. The van der Waals surface area contributed by atoms with E-state index in [1.807, 2.05) is 6.07 Å². The van der Waals surface area contributed by atoms with Gasteiger partial charge >= 0.3 is 6.01 Å². The Hall–Kier alpha value is -2.82. The Labute approximate surface area is 198 Å². The topological polar surface area (TPSA) is 81.5 Å². The number of rotatable bonds is 7. The molecule has 0 N–H and O–H groups in total. The first kappa shape index (κ1) is 22.9. The maximum atomic E-state index is 13.8. The quantitative estimate of drug-likeness (QED) is 0.606. The summed E-state index contributed by atoms with van der Waals surface area (Å²) < 4.78 is 36.3. The van der Waals surface area contributed by atoms with Gasteiger partial charge in [-0.2, -0.15) is 9.97 Å². The van der Waals surface area contributed by atoms with E-state index in [4.69, 9.17) is 23.9 Å². The molecular formula is C24H30FN5O4. The molecule has 9 nitrogen and oxygen atoms in total. The van der Waals surface area contributed by atoms with E-state index in [1.54, 1.807) is 6.07 Å². The van der Waals surface area contributed by atoms with Crippen molar-refractivity contribution in [2.24, 2.45) is 4.99 Å². The third-order valence-electron chi connectivity index (χ3n) is 6.10. The number of aliphatic imine (C=N–C) groups is 1. The Morgan fingerprint density at radius 1 is 0.971 bits per heavy atom. The fourth-order valence-corrected chi connectivity index (χ4v) is 4.24. The van der Waals surface area contributed by atoms with Crippen molar-refractivity contribution in [2.45, 2.75) is 13.0 Å². The van der Waals surface area contributed by atoms with Gasteiger partial charge in [-0.3, -0.25) is 9.89 Å². The van der Waals surface area contributed by atoms with Gasteiger partial charge in [-0.05, 0) is 18.2 Å². The minimum absolute atomic E-state index is 0.301. The van der Waals surface area contributed by atoms with Crippen molar-refractivity contribution >= 4 is 11.5 Å². The van der Waals surface area contributed by atoms with Crippen LogP contribution >= 0.6 is 0 Å². The van der Waals surface area contributed by atoms with Gasteiger partial charge in [0.05, 0.1) is 45.3 Å². The summed E-state index contributed by atoms with van der Waals surface area (Å²) in [5.41, 5.74) is 2.28. The molecule has 1 aromatic heterocycles. The Morgan fingerprint density at radius 2 is 1.76 bits per heavy atom. The second-order valence-electron chi connectivity index (χ2n) is 8.40. The van der Waals surface area contributed by atoms with Crippen molar-refractivity contribution in [1.82, 2.24) is 14.9 Å². The van der Waals surface area contributed by atoms with Crippen LogP contribution in [0.2, 0.25) is 0 Å². The van der Waals surface area contributed by atoms with Gasteiger partial charge < -0.3 is 23.8 Å². The molecule has 0 saturated carbocycles. The molecule has 0 atom stereocenters. The number of halogens is 1. The molecule has 2 saturated heterocycles. The third-order valence-corrected chi connectivity index (χ3v) is 6.10. The SMILES string of the molecule is Fc1ccc2c(c1)C(=NCc1cc(N3CCOCC3)nc(OCCN3CCOCC3)n1)CCO2. The molecule has 1 aromatic carbocycles. The molecule has 0 amide bonds. The van der Waals surface area contributed by atoms with E-state index in [0.717, 1.165) is 63.2 Å². The van der Waals surface area contributed by atoms with E-state index in [0.29, 0.717) is 56.7 Å². The number of hydrogen-bond donors (Lipinski definition) is 0. The molecule has 0 radical (unpaired) electrons. The predicted octanol–water partition coefficient (Wildman–Crippen LogP) is 1.94. The predicted molar refractivity (Wildman–Crippen MR) is 125 cm³/mol. The zero-order chi connectivity index (χ0) is 23.2. The standard InChI is InChI=1S/C24H30FN5O4/c25-18-1-2-22-20(15-18)21(3-9-33-22)26-17-19-16-23(30-7-12-32-13-8-30)28-24(27-19)34-14-6-29-4-10-31-11-5-29/h1-2,15-16H,3-14,17H2. The summed E-state index contributed by atoms with van der Waals surface area (Å²) in [6.07, 6.45) is 0.626. The fraction of sp³-hybridized carbons (Fsp3) is 0.542. The smallest absolute Gasteiger partial charge is 0.318 e. The second kappa shape index (κ2) is 11.1. The molecule has 2 fully saturated rings. The van der Waals surface area contributed by atoms with Crippen LogP contribution in [0.3, 0.4) is 0 Å². The summed E-state index contributed by atoms with van der Waals surface area (Å²) in [5.74, 6) is 1.17. The summed E-state index contributed by atoms with van der Waals surface area (Å²) >= 11 is 0. The highest BCUT2D eigenvalue weighted by Gasteiger charge is 2.19. The maximum Gasteiger partial charge on any atom is 0.318 e. The summed E-state index contributed by atoms with van der Waals surface area (Å²) in [6.45, 7) is 8.37. The van der Waals surface area contributed by atoms with Gasteiger partial charge in [0.2, 0.25) is 0 Å². The largest absolute Gasteiger partial charge is 0.492 e. The zero-order valence-corrected chi connectivity index (χ0v) is 19.2. The highest BCUT2D eigenvalue weighted by Crippen LogP contribution is 2.26. The molecule has 10 heteroatoms. The lowest BCUT2D eigenvalue weighted by Crippen LogP contribution is -2.39. The summed E-state index contributed by atoms with van der Waals surface area (Å²) in [5, 5.41) is 0. The first-order valence-electron chi connectivity index (χ1n) is 11.8. The van der Waals surface area contributed by atoms with E-state index in [2.05, 4.69) is 19.8 Å². The molecule has 0 unspecified atom stereocenters. The van der Waals surface area contributed by atoms with E-state index < -0.39 is 0 Å². The molecule has 4 heterocycles. The zero-order valence-electron chi connectivity index (χ0n) is 19.2. The lowest BCUT2D eigenvalue weighted by atomic mass is 10.0. The minimum Gasteiger partial charge on any atom is -0.492 e. The van der Waals surface area contributed by atoms with Crippen LogP contribution in [0.25, 0.3) is 0 Å². The number of aromatic nitrogens is 2. The average molecular weight is 472 g/mol. The molecule has 3 aliphatic heterocycles. The number of nitrogens with zero attached hydrogens (tertiary/aromatic N) is 5. The van der Waals surface area contributed by atoms with Gasteiger partial charge in [-0.25, -0.2) is 4.39 Å². The van der Waals surface area contributed by atoms with Crippen molar-refractivity contribution in [3.8, 4) is 11.8 Å². The molecule has 0 aliphatic carbocycles. The fourth-order valence-electron chi connectivity index (χ4n) is 4.24. The van der Waals surface area contributed by atoms with Crippen molar-refractivity contribution in [3.05, 3.63) is 41.3 Å². The van der Waals surface area contributed by atoms with E-state index in [9.17, 15) is 4.39 Å². The van der Waals surface area contributed by atoms with Crippen molar-refractivity contribution in [1.29, 1.82) is 0 Å². The Kier molecular flexibility index (Phi) is 7.47. The summed E-state index contributed by atoms with van der Waals surface area (Å²) in [4.78, 5) is 18.5. The second-order valence-corrected chi connectivity index (χ2v) is 8.40. The molecule has 0 spiro atoms. The normalized spacial score (nSPS) is 20.1. The molecule has 2 aromatic rings. The number of hydrogen-bond acceptors (Lipinski definition) is 9. The molecular weight excluding hydrogens is 441 g/mol. The maximum absolute atomic E-state index is 13.8. The van der Waals surface area contributed by atoms with Gasteiger partial charge in [0.15, 0.2) is 0 Å². The summed E-state index contributed by atoms with van der Waals surface area (Å²) in [7, 11) is 0.